The molecule has 0 spiro atoms. The standard InChI is InChI=1S/C14H14N2O2S/c1-2-18-14(17)13-12(15)11-8-4-3-7-16-9(8)5-6-10(11)19-13/h4-6H,2-3,7,15H2,1H3. The first-order chi connectivity index (χ1) is 9.22. The van der Waals surface area contributed by atoms with Crippen LogP contribution in [-0.4, -0.2) is 19.1 Å². The van der Waals surface area contributed by atoms with Crippen molar-refractivity contribution in [3.63, 3.8) is 0 Å². The zero-order valence-corrected chi connectivity index (χ0v) is 11.4. The van der Waals surface area contributed by atoms with Gasteiger partial charge in [-0.1, -0.05) is 6.08 Å². The van der Waals surface area contributed by atoms with Crippen LogP contribution in [0.5, 0.6) is 0 Å². The summed E-state index contributed by atoms with van der Waals surface area (Å²) in [5, 5.41) is 2.95. The van der Waals surface area contributed by atoms with Crippen LogP contribution in [0.4, 0.5) is 5.69 Å². The Bertz CT molecular complexity index is 777. The van der Waals surface area contributed by atoms with Gasteiger partial charge in [-0.3, -0.25) is 4.99 Å². The molecule has 2 aromatic rings. The van der Waals surface area contributed by atoms with Gasteiger partial charge in [0.2, 0.25) is 0 Å². The van der Waals surface area contributed by atoms with Gasteiger partial charge in [0.05, 0.1) is 17.7 Å². The average Bonchev–Trinajstić information content (AvgIpc) is 2.77. The van der Waals surface area contributed by atoms with Gasteiger partial charge in [0, 0.05) is 21.8 Å². The summed E-state index contributed by atoms with van der Waals surface area (Å²) >= 11 is 1.38. The van der Waals surface area contributed by atoms with Crippen molar-refractivity contribution in [1.82, 2.24) is 0 Å². The second-order valence-corrected chi connectivity index (χ2v) is 5.36. The number of carbonyl (C=O) groups is 1. The summed E-state index contributed by atoms with van der Waals surface area (Å²) < 4.78 is 6.05. The Morgan fingerprint density at radius 3 is 3.16 bits per heavy atom. The Kier molecular flexibility index (Phi) is 2.98. The predicted octanol–water partition coefficient (Wildman–Crippen LogP) is 1.46. The maximum Gasteiger partial charge on any atom is 0.350 e. The minimum atomic E-state index is -0.345. The number of thiophene rings is 1. The van der Waals surface area contributed by atoms with Crippen molar-refractivity contribution in [2.75, 3.05) is 18.9 Å². The number of hydrogen-bond acceptors (Lipinski definition) is 5. The number of fused-ring (bicyclic) bond motifs is 3. The summed E-state index contributed by atoms with van der Waals surface area (Å²) in [6.45, 7) is 2.95. The zero-order chi connectivity index (χ0) is 13.4. The molecule has 4 nitrogen and oxygen atoms in total. The number of carbonyl (C=O) groups excluding carboxylic acids is 1. The molecule has 0 atom stereocenters. The van der Waals surface area contributed by atoms with E-state index in [9.17, 15) is 4.79 Å². The van der Waals surface area contributed by atoms with E-state index in [4.69, 9.17) is 10.5 Å². The van der Waals surface area contributed by atoms with Gasteiger partial charge >= 0.3 is 5.97 Å². The molecule has 1 aromatic heterocycles. The summed E-state index contributed by atoms with van der Waals surface area (Å²) in [7, 11) is 0. The number of anilines is 1. The molecule has 3 rings (SSSR count). The third-order valence-electron chi connectivity index (χ3n) is 3.13. The number of rotatable bonds is 2. The normalized spacial score (nSPS) is 13.5. The lowest BCUT2D eigenvalue weighted by Crippen LogP contribution is -2.28. The Morgan fingerprint density at radius 1 is 1.53 bits per heavy atom. The molecule has 0 saturated carbocycles. The van der Waals surface area contributed by atoms with E-state index in [1.165, 1.54) is 11.3 Å². The van der Waals surface area contributed by atoms with Gasteiger partial charge in [-0.2, -0.15) is 0 Å². The van der Waals surface area contributed by atoms with Gasteiger partial charge in [0.1, 0.15) is 4.88 Å². The largest absolute Gasteiger partial charge is 0.462 e. The molecule has 1 aromatic carbocycles. The molecule has 2 N–H and O–H groups in total. The first-order valence-electron chi connectivity index (χ1n) is 6.25. The molecule has 0 saturated heterocycles. The maximum atomic E-state index is 11.9. The predicted molar refractivity (Wildman–Crippen MR) is 76.9 cm³/mol. The molecule has 2 heterocycles. The quantitative estimate of drug-likeness (QED) is 0.843. The first-order valence-corrected chi connectivity index (χ1v) is 7.06. The van der Waals surface area contributed by atoms with E-state index < -0.39 is 0 Å². The van der Waals surface area contributed by atoms with E-state index in [-0.39, 0.29) is 5.97 Å². The number of nitrogens with two attached hydrogens (primary N) is 1. The molecule has 0 aliphatic carbocycles. The Balaban J connectivity index is 2.31. The SMILES string of the molecule is CCOC(=O)c1sc2ccc3c(c2c1N)=CCCN=3. The molecule has 98 valence electrons. The van der Waals surface area contributed by atoms with Crippen LogP contribution < -0.4 is 16.3 Å². The Hall–Kier alpha value is -1.88. The molecule has 19 heavy (non-hydrogen) atoms. The van der Waals surface area contributed by atoms with Crippen LogP contribution in [0.15, 0.2) is 17.1 Å². The molecule has 1 aliphatic heterocycles. The highest BCUT2D eigenvalue weighted by atomic mass is 32.1. The van der Waals surface area contributed by atoms with Crippen molar-refractivity contribution in [1.29, 1.82) is 0 Å². The number of ether oxygens (including phenoxy) is 1. The van der Waals surface area contributed by atoms with E-state index in [0.717, 1.165) is 33.6 Å². The molecule has 0 radical (unpaired) electrons. The zero-order valence-electron chi connectivity index (χ0n) is 10.6. The van der Waals surface area contributed by atoms with Crippen molar-refractivity contribution in [2.24, 2.45) is 4.99 Å². The average molecular weight is 274 g/mol. The second kappa shape index (κ2) is 4.66. The topological polar surface area (TPSA) is 64.7 Å². The Labute approximate surface area is 114 Å². The third-order valence-corrected chi connectivity index (χ3v) is 4.28. The van der Waals surface area contributed by atoms with Crippen LogP contribution in [0.2, 0.25) is 0 Å². The van der Waals surface area contributed by atoms with Crippen LogP contribution >= 0.6 is 11.3 Å². The van der Waals surface area contributed by atoms with Gasteiger partial charge in [-0.05, 0) is 25.5 Å². The van der Waals surface area contributed by atoms with Gasteiger partial charge in [-0.25, -0.2) is 4.79 Å². The van der Waals surface area contributed by atoms with Crippen molar-refractivity contribution < 1.29 is 9.53 Å². The molecule has 5 heteroatoms. The minimum Gasteiger partial charge on any atom is -0.462 e. The van der Waals surface area contributed by atoms with Gasteiger partial charge < -0.3 is 10.5 Å². The highest BCUT2D eigenvalue weighted by molar-refractivity contribution is 7.21. The number of nitrogen functional groups attached to an aromatic ring is 1. The fourth-order valence-corrected chi connectivity index (χ4v) is 3.35. The van der Waals surface area contributed by atoms with Crippen LogP contribution in [0.25, 0.3) is 16.2 Å². The van der Waals surface area contributed by atoms with E-state index in [1.807, 2.05) is 12.1 Å². The van der Waals surface area contributed by atoms with E-state index in [2.05, 4.69) is 11.1 Å². The first kappa shape index (κ1) is 12.2. The van der Waals surface area contributed by atoms with E-state index in [1.54, 1.807) is 6.92 Å². The second-order valence-electron chi connectivity index (χ2n) is 4.31. The van der Waals surface area contributed by atoms with Crippen LogP contribution in [-0.2, 0) is 4.74 Å². The Morgan fingerprint density at radius 2 is 2.37 bits per heavy atom. The summed E-state index contributed by atoms with van der Waals surface area (Å²) in [4.78, 5) is 16.8. The van der Waals surface area contributed by atoms with Crippen molar-refractivity contribution >= 4 is 39.2 Å². The summed E-state index contributed by atoms with van der Waals surface area (Å²) in [6, 6.07) is 3.96. The van der Waals surface area contributed by atoms with Gasteiger partial charge in [0.15, 0.2) is 0 Å². The molecule has 0 amide bonds. The number of hydrogen-bond donors (Lipinski definition) is 1. The lowest BCUT2D eigenvalue weighted by molar-refractivity contribution is 0.0533. The molecular formula is C14H14N2O2S. The van der Waals surface area contributed by atoms with Crippen LogP contribution in [0, 0.1) is 0 Å². The van der Waals surface area contributed by atoms with Crippen LogP contribution in [0.3, 0.4) is 0 Å². The fourth-order valence-electron chi connectivity index (χ4n) is 2.32. The molecule has 0 fully saturated rings. The smallest absolute Gasteiger partial charge is 0.350 e. The highest BCUT2D eigenvalue weighted by Crippen LogP contribution is 2.31. The van der Waals surface area contributed by atoms with E-state index in [0.29, 0.717) is 17.2 Å². The van der Waals surface area contributed by atoms with Gasteiger partial charge in [-0.15, -0.1) is 11.3 Å². The fraction of sp³-hybridized carbons (Fsp3) is 0.286. The van der Waals surface area contributed by atoms with Crippen molar-refractivity contribution in [3.8, 4) is 0 Å². The number of benzene rings is 1. The molecule has 0 unspecified atom stereocenters. The molecule has 1 aliphatic rings. The maximum absolute atomic E-state index is 11.9. The van der Waals surface area contributed by atoms with Gasteiger partial charge in [0.25, 0.3) is 0 Å². The number of esters is 1. The molecular weight excluding hydrogens is 260 g/mol. The van der Waals surface area contributed by atoms with Crippen LogP contribution in [0.1, 0.15) is 23.0 Å². The molecule has 0 bridgehead atoms. The third kappa shape index (κ3) is 1.90. The minimum absolute atomic E-state index is 0.345. The summed E-state index contributed by atoms with van der Waals surface area (Å²) in [5.74, 6) is -0.345. The number of nitrogens with zero attached hydrogens (tertiary/aromatic N) is 1. The van der Waals surface area contributed by atoms with E-state index >= 15 is 0 Å². The highest BCUT2D eigenvalue weighted by Gasteiger charge is 2.18. The van der Waals surface area contributed by atoms with Crippen molar-refractivity contribution in [3.05, 3.63) is 27.6 Å². The lowest BCUT2D eigenvalue weighted by atomic mass is 10.1. The lowest BCUT2D eigenvalue weighted by Gasteiger charge is -2.02. The summed E-state index contributed by atoms with van der Waals surface area (Å²) in [6.07, 6.45) is 3.05. The monoisotopic (exact) mass is 274 g/mol. The van der Waals surface area contributed by atoms with Crippen molar-refractivity contribution in [2.45, 2.75) is 13.3 Å². The summed E-state index contributed by atoms with van der Waals surface area (Å²) in [5.41, 5.74) is 6.66.